The first kappa shape index (κ1) is 11.0. The van der Waals surface area contributed by atoms with Crippen LogP contribution in [0.2, 0.25) is 0 Å². The molecule has 1 fully saturated rings. The van der Waals surface area contributed by atoms with Crippen molar-refractivity contribution in [3.8, 4) is 0 Å². The van der Waals surface area contributed by atoms with Gasteiger partial charge in [0.1, 0.15) is 0 Å². The Hall–Kier alpha value is -0.0400. The highest BCUT2D eigenvalue weighted by Gasteiger charge is 2.19. The molecule has 2 unspecified atom stereocenters. The lowest BCUT2D eigenvalue weighted by Gasteiger charge is -2.21. The summed E-state index contributed by atoms with van der Waals surface area (Å²) in [5, 5.41) is 0. The van der Waals surface area contributed by atoms with Crippen molar-refractivity contribution >= 4 is 0 Å². The highest BCUT2D eigenvalue weighted by Crippen LogP contribution is 2.26. The Labute approximate surface area is 83.5 Å². The second-order valence-electron chi connectivity index (χ2n) is 4.51. The van der Waals surface area contributed by atoms with Crippen molar-refractivity contribution in [1.82, 2.24) is 4.90 Å². The van der Waals surface area contributed by atoms with E-state index in [1.807, 2.05) is 0 Å². The number of hydrogen-bond acceptors (Lipinski definition) is 1. The normalized spacial score (nSPS) is 28.4. The van der Waals surface area contributed by atoms with Crippen LogP contribution in [-0.4, -0.2) is 24.5 Å². The molecule has 0 aromatic rings. The van der Waals surface area contributed by atoms with E-state index in [1.54, 1.807) is 0 Å². The molecule has 1 nitrogen and oxygen atoms in total. The topological polar surface area (TPSA) is 3.24 Å². The molecule has 1 heterocycles. The van der Waals surface area contributed by atoms with Crippen LogP contribution in [0.5, 0.6) is 0 Å². The first-order valence-corrected chi connectivity index (χ1v) is 6.00. The van der Waals surface area contributed by atoms with Crippen LogP contribution < -0.4 is 0 Å². The van der Waals surface area contributed by atoms with Gasteiger partial charge in [0.15, 0.2) is 0 Å². The molecule has 2 atom stereocenters. The van der Waals surface area contributed by atoms with Crippen molar-refractivity contribution in [3.05, 3.63) is 0 Å². The monoisotopic (exact) mass is 183 g/mol. The van der Waals surface area contributed by atoms with Crippen LogP contribution in [0.1, 0.15) is 46.5 Å². The Bertz CT molecular complexity index is 133. The van der Waals surface area contributed by atoms with Gasteiger partial charge in [-0.1, -0.05) is 27.2 Å². The Balaban J connectivity index is 2.35. The first-order chi connectivity index (χ1) is 6.27. The first-order valence-electron chi connectivity index (χ1n) is 6.00. The van der Waals surface area contributed by atoms with E-state index in [4.69, 9.17) is 0 Å². The fourth-order valence-electron chi connectivity index (χ4n) is 2.40. The van der Waals surface area contributed by atoms with Gasteiger partial charge in [-0.3, -0.25) is 0 Å². The molecule has 0 N–H and O–H groups in total. The van der Waals surface area contributed by atoms with Crippen LogP contribution in [-0.2, 0) is 0 Å². The number of nitrogens with zero attached hydrogens (tertiary/aromatic N) is 1. The molecular formula is C12H25N. The third kappa shape index (κ3) is 3.30. The third-order valence-electron chi connectivity index (χ3n) is 3.76. The number of rotatable bonds is 3. The summed E-state index contributed by atoms with van der Waals surface area (Å²) in [5.74, 6) is 1.94. The summed E-state index contributed by atoms with van der Waals surface area (Å²) in [6, 6.07) is 0. The summed E-state index contributed by atoms with van der Waals surface area (Å²) in [7, 11) is 0. The predicted molar refractivity (Wildman–Crippen MR) is 58.9 cm³/mol. The van der Waals surface area contributed by atoms with Gasteiger partial charge < -0.3 is 4.90 Å². The maximum absolute atomic E-state index is 2.60. The van der Waals surface area contributed by atoms with Crippen molar-refractivity contribution in [2.24, 2.45) is 11.8 Å². The molecule has 0 aromatic carbocycles. The molecule has 1 aliphatic rings. The standard InChI is InChI=1S/C12H25N/c1-4-11(3)12-7-6-9-13(5-2)10-8-12/h11-12H,4-10H2,1-3H3. The smallest absolute Gasteiger partial charge is 0.00161 e. The Morgan fingerprint density at radius 3 is 2.62 bits per heavy atom. The molecule has 1 heteroatoms. The maximum Gasteiger partial charge on any atom is -0.00161 e. The largest absolute Gasteiger partial charge is 0.304 e. The van der Waals surface area contributed by atoms with E-state index in [0.717, 1.165) is 11.8 Å². The highest BCUT2D eigenvalue weighted by molar-refractivity contribution is 4.72. The predicted octanol–water partition coefficient (Wildman–Crippen LogP) is 3.15. The SMILES string of the molecule is CCC(C)C1CCCN(CC)CC1. The fourth-order valence-corrected chi connectivity index (χ4v) is 2.40. The second-order valence-corrected chi connectivity index (χ2v) is 4.51. The quantitative estimate of drug-likeness (QED) is 0.649. The minimum absolute atomic E-state index is 0.941. The van der Waals surface area contributed by atoms with Crippen molar-refractivity contribution in [1.29, 1.82) is 0 Å². The minimum Gasteiger partial charge on any atom is -0.304 e. The van der Waals surface area contributed by atoms with Gasteiger partial charge in [-0.05, 0) is 50.7 Å². The molecular weight excluding hydrogens is 158 g/mol. The Morgan fingerprint density at radius 1 is 1.23 bits per heavy atom. The maximum atomic E-state index is 2.60. The van der Waals surface area contributed by atoms with Crippen LogP contribution in [0, 0.1) is 11.8 Å². The van der Waals surface area contributed by atoms with E-state index >= 15 is 0 Å². The lowest BCUT2D eigenvalue weighted by atomic mass is 9.86. The molecule has 0 aliphatic carbocycles. The molecule has 0 aromatic heterocycles. The molecule has 0 bridgehead atoms. The Kier molecular flexibility index (Phi) is 4.79. The third-order valence-corrected chi connectivity index (χ3v) is 3.76. The van der Waals surface area contributed by atoms with Crippen LogP contribution in [0.4, 0.5) is 0 Å². The average Bonchev–Trinajstić information content (AvgIpc) is 2.41. The van der Waals surface area contributed by atoms with Gasteiger partial charge in [0, 0.05) is 0 Å². The zero-order chi connectivity index (χ0) is 9.68. The molecule has 0 amide bonds. The van der Waals surface area contributed by atoms with E-state index in [-0.39, 0.29) is 0 Å². The van der Waals surface area contributed by atoms with Crippen LogP contribution in [0.15, 0.2) is 0 Å². The summed E-state index contributed by atoms with van der Waals surface area (Å²) < 4.78 is 0. The van der Waals surface area contributed by atoms with Gasteiger partial charge in [-0.2, -0.15) is 0 Å². The minimum atomic E-state index is 0.941. The molecule has 0 radical (unpaired) electrons. The molecule has 0 saturated carbocycles. The second kappa shape index (κ2) is 5.64. The van der Waals surface area contributed by atoms with Crippen LogP contribution in [0.25, 0.3) is 0 Å². The van der Waals surface area contributed by atoms with Crippen molar-refractivity contribution in [2.45, 2.75) is 46.5 Å². The van der Waals surface area contributed by atoms with E-state index in [9.17, 15) is 0 Å². The van der Waals surface area contributed by atoms with Crippen molar-refractivity contribution in [3.63, 3.8) is 0 Å². The lowest BCUT2D eigenvalue weighted by Crippen LogP contribution is -2.24. The van der Waals surface area contributed by atoms with Gasteiger partial charge in [0.2, 0.25) is 0 Å². The van der Waals surface area contributed by atoms with E-state index in [0.29, 0.717) is 0 Å². The number of likely N-dealkylation sites (tertiary alicyclic amines) is 1. The van der Waals surface area contributed by atoms with Gasteiger partial charge in [-0.15, -0.1) is 0 Å². The summed E-state index contributed by atoms with van der Waals surface area (Å²) >= 11 is 0. The van der Waals surface area contributed by atoms with E-state index in [2.05, 4.69) is 25.7 Å². The number of hydrogen-bond donors (Lipinski definition) is 0. The lowest BCUT2D eigenvalue weighted by molar-refractivity contribution is 0.276. The zero-order valence-corrected chi connectivity index (χ0v) is 9.55. The van der Waals surface area contributed by atoms with E-state index < -0.39 is 0 Å². The van der Waals surface area contributed by atoms with Gasteiger partial charge >= 0.3 is 0 Å². The molecule has 0 spiro atoms. The molecule has 78 valence electrons. The zero-order valence-electron chi connectivity index (χ0n) is 9.55. The molecule has 13 heavy (non-hydrogen) atoms. The summed E-state index contributed by atoms with van der Waals surface area (Å²) in [6.07, 6.45) is 5.67. The molecule has 1 saturated heterocycles. The van der Waals surface area contributed by atoms with Gasteiger partial charge in [0.05, 0.1) is 0 Å². The van der Waals surface area contributed by atoms with Crippen molar-refractivity contribution < 1.29 is 0 Å². The Morgan fingerprint density at radius 2 is 2.00 bits per heavy atom. The summed E-state index contributed by atoms with van der Waals surface area (Å²) in [6.45, 7) is 10.9. The average molecular weight is 183 g/mol. The molecule has 1 rings (SSSR count). The molecule has 1 aliphatic heterocycles. The van der Waals surface area contributed by atoms with Gasteiger partial charge in [0.25, 0.3) is 0 Å². The fraction of sp³-hybridized carbons (Fsp3) is 1.00. The van der Waals surface area contributed by atoms with Gasteiger partial charge in [-0.25, -0.2) is 0 Å². The summed E-state index contributed by atoms with van der Waals surface area (Å²) in [4.78, 5) is 2.60. The van der Waals surface area contributed by atoms with Crippen molar-refractivity contribution in [2.75, 3.05) is 19.6 Å². The van der Waals surface area contributed by atoms with Crippen LogP contribution >= 0.6 is 0 Å². The van der Waals surface area contributed by atoms with Crippen LogP contribution in [0.3, 0.4) is 0 Å². The van der Waals surface area contributed by atoms with E-state index in [1.165, 1.54) is 45.3 Å². The highest BCUT2D eigenvalue weighted by atomic mass is 15.1. The summed E-state index contributed by atoms with van der Waals surface area (Å²) in [5.41, 5.74) is 0.